The van der Waals surface area contributed by atoms with Gasteiger partial charge in [-0.15, -0.1) is 0 Å². The lowest BCUT2D eigenvalue weighted by molar-refractivity contribution is 0.171. The van der Waals surface area contributed by atoms with Gasteiger partial charge in [0.05, 0.1) is 11.4 Å². The molecule has 1 aromatic heterocycles. The molecule has 2 aliphatic heterocycles. The topological polar surface area (TPSA) is 48.3 Å². The summed E-state index contributed by atoms with van der Waals surface area (Å²) in [7, 11) is 0. The molecule has 0 saturated heterocycles. The molecular weight excluding hydrogens is 406 g/mol. The molecular formula is C21H20BrN3O2. The number of benzene rings is 2. The second-order valence-corrected chi connectivity index (χ2v) is 7.63. The van der Waals surface area contributed by atoms with Gasteiger partial charge in [0, 0.05) is 28.2 Å². The maximum atomic E-state index is 5.77. The molecule has 0 unspecified atom stereocenters. The maximum Gasteiger partial charge on any atom is 0.163 e. The molecule has 0 fully saturated rings. The molecule has 2 aromatic carbocycles. The summed E-state index contributed by atoms with van der Waals surface area (Å²) in [5, 5.41) is 8.61. The van der Waals surface area contributed by atoms with E-state index in [4.69, 9.17) is 14.6 Å². The zero-order chi connectivity index (χ0) is 18.2. The zero-order valence-electron chi connectivity index (χ0n) is 14.9. The van der Waals surface area contributed by atoms with E-state index in [1.807, 2.05) is 28.9 Å². The second kappa shape index (κ2) is 6.93. The number of anilines is 1. The summed E-state index contributed by atoms with van der Waals surface area (Å²) in [6.45, 7) is 2.13. The van der Waals surface area contributed by atoms with Gasteiger partial charge < -0.3 is 14.8 Å². The minimum Gasteiger partial charge on any atom is -0.486 e. The molecule has 3 heterocycles. The second-order valence-electron chi connectivity index (χ2n) is 6.78. The van der Waals surface area contributed by atoms with Gasteiger partial charge in [-0.3, -0.25) is 0 Å². The van der Waals surface area contributed by atoms with Gasteiger partial charge in [-0.25, -0.2) is 4.68 Å². The molecule has 138 valence electrons. The lowest BCUT2D eigenvalue weighted by Gasteiger charge is -2.19. The van der Waals surface area contributed by atoms with E-state index >= 15 is 0 Å². The Morgan fingerprint density at radius 2 is 1.85 bits per heavy atom. The van der Waals surface area contributed by atoms with Crippen LogP contribution in [0.1, 0.15) is 18.4 Å². The molecule has 0 amide bonds. The molecule has 5 nitrogen and oxygen atoms in total. The molecule has 2 aliphatic rings. The molecule has 0 bridgehead atoms. The zero-order valence-corrected chi connectivity index (χ0v) is 16.5. The first-order chi connectivity index (χ1) is 13.3. The SMILES string of the molecule is Brc1ccccc1-c1nn(-c2ccc3c(c2)OCCO3)c2c1CCCCN2. The van der Waals surface area contributed by atoms with E-state index in [-0.39, 0.29) is 0 Å². The highest BCUT2D eigenvalue weighted by Gasteiger charge is 2.23. The van der Waals surface area contributed by atoms with Crippen LogP contribution in [-0.4, -0.2) is 29.5 Å². The van der Waals surface area contributed by atoms with Crippen molar-refractivity contribution in [1.82, 2.24) is 9.78 Å². The number of ether oxygens (including phenoxy) is 2. The quantitative estimate of drug-likeness (QED) is 0.639. The van der Waals surface area contributed by atoms with Gasteiger partial charge in [-0.1, -0.05) is 34.1 Å². The third kappa shape index (κ3) is 2.98. The molecule has 0 atom stereocenters. The molecule has 5 rings (SSSR count). The Morgan fingerprint density at radius 3 is 2.74 bits per heavy atom. The van der Waals surface area contributed by atoms with E-state index < -0.39 is 0 Å². The van der Waals surface area contributed by atoms with E-state index in [0.717, 1.165) is 64.5 Å². The Morgan fingerprint density at radius 1 is 1.00 bits per heavy atom. The molecule has 0 aliphatic carbocycles. The number of halogens is 1. The Kier molecular flexibility index (Phi) is 4.28. The van der Waals surface area contributed by atoms with E-state index in [1.54, 1.807) is 0 Å². The first kappa shape index (κ1) is 16.7. The lowest BCUT2D eigenvalue weighted by atomic mass is 10.0. The summed E-state index contributed by atoms with van der Waals surface area (Å²) >= 11 is 3.69. The summed E-state index contributed by atoms with van der Waals surface area (Å²) < 4.78 is 14.5. The Hall–Kier alpha value is -2.47. The van der Waals surface area contributed by atoms with E-state index in [1.165, 1.54) is 5.56 Å². The molecule has 3 aromatic rings. The van der Waals surface area contributed by atoms with Crippen LogP contribution in [0.15, 0.2) is 46.9 Å². The van der Waals surface area contributed by atoms with Gasteiger partial charge in [0.2, 0.25) is 0 Å². The Labute approximate surface area is 166 Å². The van der Waals surface area contributed by atoms with Crippen molar-refractivity contribution < 1.29 is 9.47 Å². The van der Waals surface area contributed by atoms with Gasteiger partial charge in [0.25, 0.3) is 0 Å². The number of fused-ring (bicyclic) bond motifs is 2. The molecule has 1 N–H and O–H groups in total. The largest absolute Gasteiger partial charge is 0.486 e. The number of nitrogens with one attached hydrogen (secondary N) is 1. The molecule has 6 heteroatoms. The van der Waals surface area contributed by atoms with Gasteiger partial charge in [-0.05, 0) is 37.5 Å². The van der Waals surface area contributed by atoms with Crippen molar-refractivity contribution in [2.45, 2.75) is 19.3 Å². The first-order valence-electron chi connectivity index (χ1n) is 9.32. The van der Waals surface area contributed by atoms with Crippen molar-refractivity contribution in [3.8, 4) is 28.4 Å². The van der Waals surface area contributed by atoms with E-state index in [2.05, 4.69) is 39.4 Å². The van der Waals surface area contributed by atoms with Gasteiger partial charge >= 0.3 is 0 Å². The molecule has 0 radical (unpaired) electrons. The van der Waals surface area contributed by atoms with E-state index in [0.29, 0.717) is 13.2 Å². The number of hydrogen-bond donors (Lipinski definition) is 1. The van der Waals surface area contributed by atoms with Crippen molar-refractivity contribution >= 4 is 21.7 Å². The fraction of sp³-hybridized carbons (Fsp3) is 0.286. The van der Waals surface area contributed by atoms with E-state index in [9.17, 15) is 0 Å². The van der Waals surface area contributed by atoms with Crippen molar-refractivity contribution in [2.24, 2.45) is 0 Å². The fourth-order valence-electron chi connectivity index (χ4n) is 3.72. The molecule has 0 spiro atoms. The Balaban J connectivity index is 1.68. The normalized spacial score (nSPS) is 15.6. The molecule has 0 saturated carbocycles. The highest BCUT2D eigenvalue weighted by molar-refractivity contribution is 9.10. The summed E-state index contributed by atoms with van der Waals surface area (Å²) in [6, 6.07) is 14.3. The summed E-state index contributed by atoms with van der Waals surface area (Å²) in [6.07, 6.45) is 3.33. The van der Waals surface area contributed by atoms with Crippen LogP contribution in [0.4, 0.5) is 5.82 Å². The number of aromatic nitrogens is 2. The first-order valence-corrected chi connectivity index (χ1v) is 10.1. The third-order valence-electron chi connectivity index (χ3n) is 5.03. The smallest absolute Gasteiger partial charge is 0.163 e. The van der Waals surface area contributed by atoms with Crippen molar-refractivity contribution in [1.29, 1.82) is 0 Å². The lowest BCUT2D eigenvalue weighted by Crippen LogP contribution is -2.15. The van der Waals surface area contributed by atoms with Gasteiger partial charge in [-0.2, -0.15) is 5.10 Å². The van der Waals surface area contributed by atoms with Crippen LogP contribution in [-0.2, 0) is 6.42 Å². The number of hydrogen-bond acceptors (Lipinski definition) is 4. The Bertz CT molecular complexity index is 999. The number of nitrogens with zero attached hydrogens (tertiary/aromatic N) is 2. The van der Waals surface area contributed by atoms with Crippen LogP contribution in [0.2, 0.25) is 0 Å². The van der Waals surface area contributed by atoms with Crippen molar-refractivity contribution in [3.05, 3.63) is 52.5 Å². The van der Waals surface area contributed by atoms with Crippen molar-refractivity contribution in [3.63, 3.8) is 0 Å². The highest BCUT2D eigenvalue weighted by Crippen LogP contribution is 2.38. The number of rotatable bonds is 2. The van der Waals surface area contributed by atoms with Crippen LogP contribution in [0, 0.1) is 0 Å². The molecule has 27 heavy (non-hydrogen) atoms. The van der Waals surface area contributed by atoms with Crippen LogP contribution in [0.3, 0.4) is 0 Å². The van der Waals surface area contributed by atoms with Crippen molar-refractivity contribution in [2.75, 3.05) is 25.1 Å². The fourth-order valence-corrected chi connectivity index (χ4v) is 4.20. The minimum absolute atomic E-state index is 0.578. The average molecular weight is 426 g/mol. The van der Waals surface area contributed by atoms with Crippen LogP contribution in [0.5, 0.6) is 11.5 Å². The minimum atomic E-state index is 0.578. The maximum absolute atomic E-state index is 5.77. The summed E-state index contributed by atoms with van der Waals surface area (Å²) in [5.74, 6) is 2.65. The van der Waals surface area contributed by atoms with Crippen LogP contribution >= 0.6 is 15.9 Å². The van der Waals surface area contributed by atoms with Crippen LogP contribution in [0.25, 0.3) is 16.9 Å². The predicted molar refractivity (Wildman–Crippen MR) is 109 cm³/mol. The monoisotopic (exact) mass is 425 g/mol. The van der Waals surface area contributed by atoms with Gasteiger partial charge in [0.15, 0.2) is 11.5 Å². The summed E-state index contributed by atoms with van der Waals surface area (Å²) in [4.78, 5) is 0. The average Bonchev–Trinajstić information content (AvgIpc) is 2.89. The highest BCUT2D eigenvalue weighted by atomic mass is 79.9. The predicted octanol–water partition coefficient (Wildman–Crippen LogP) is 4.82. The van der Waals surface area contributed by atoms with Crippen LogP contribution < -0.4 is 14.8 Å². The van der Waals surface area contributed by atoms with Gasteiger partial charge in [0.1, 0.15) is 19.0 Å². The summed E-state index contributed by atoms with van der Waals surface area (Å²) in [5.41, 5.74) is 4.40. The third-order valence-corrected chi connectivity index (χ3v) is 5.72. The standard InChI is InChI=1S/C21H20BrN3O2/c22-17-7-2-1-5-15(17)20-16-6-3-4-10-23-21(16)25(24-20)14-8-9-18-19(13-14)27-12-11-26-18/h1-2,5,7-9,13,23H,3-4,6,10-12H2.